The van der Waals surface area contributed by atoms with Crippen LogP contribution in [0.5, 0.6) is 0 Å². The SMILES string of the molecule is Cc1nc(S(=O)(=O)c2ccc(Cl)cc2)cc(-c2cc(F)ccc2F)c1CN(Cc1ccccc1)C(=O)O. The predicted molar refractivity (Wildman–Crippen MR) is 135 cm³/mol. The normalized spacial score (nSPS) is 11.4. The van der Waals surface area contributed by atoms with Gasteiger partial charge < -0.3 is 5.11 Å². The van der Waals surface area contributed by atoms with Crippen LogP contribution in [-0.2, 0) is 22.9 Å². The Bertz CT molecular complexity index is 1560. The number of halogens is 3. The quantitative estimate of drug-likeness (QED) is 0.288. The van der Waals surface area contributed by atoms with E-state index in [1.165, 1.54) is 31.2 Å². The molecule has 0 unspecified atom stereocenters. The molecule has 1 aromatic heterocycles. The van der Waals surface area contributed by atoms with Crippen LogP contribution in [0.4, 0.5) is 13.6 Å². The van der Waals surface area contributed by atoms with Crippen molar-refractivity contribution in [2.45, 2.75) is 29.9 Å². The van der Waals surface area contributed by atoms with Crippen LogP contribution < -0.4 is 0 Å². The number of sulfone groups is 1. The van der Waals surface area contributed by atoms with Crippen LogP contribution in [-0.4, -0.2) is 29.5 Å². The van der Waals surface area contributed by atoms with Gasteiger partial charge >= 0.3 is 6.09 Å². The van der Waals surface area contributed by atoms with Crippen molar-refractivity contribution in [2.24, 2.45) is 0 Å². The lowest BCUT2D eigenvalue weighted by atomic mass is 9.98. The van der Waals surface area contributed by atoms with Crippen molar-refractivity contribution in [3.63, 3.8) is 0 Å². The number of hydrogen-bond acceptors (Lipinski definition) is 4. The van der Waals surface area contributed by atoms with Crippen molar-refractivity contribution in [1.82, 2.24) is 9.88 Å². The second-order valence-corrected chi connectivity index (χ2v) is 10.6. The Kier molecular flexibility index (Phi) is 7.56. The second-order valence-electron chi connectivity index (χ2n) is 8.28. The van der Waals surface area contributed by atoms with E-state index >= 15 is 0 Å². The Labute approximate surface area is 217 Å². The summed E-state index contributed by atoms with van der Waals surface area (Å²) in [7, 11) is -4.16. The molecule has 1 N–H and O–H groups in total. The zero-order chi connectivity index (χ0) is 26.7. The minimum atomic E-state index is -4.16. The fourth-order valence-corrected chi connectivity index (χ4v) is 5.26. The van der Waals surface area contributed by atoms with Gasteiger partial charge in [0.25, 0.3) is 0 Å². The Balaban J connectivity index is 1.88. The molecule has 0 spiro atoms. The summed E-state index contributed by atoms with van der Waals surface area (Å²) in [5, 5.41) is 9.82. The third-order valence-corrected chi connectivity index (χ3v) is 7.67. The summed E-state index contributed by atoms with van der Waals surface area (Å²) in [5.74, 6) is -1.54. The molecule has 190 valence electrons. The van der Waals surface area contributed by atoms with Gasteiger partial charge in [-0.1, -0.05) is 41.9 Å². The third kappa shape index (κ3) is 5.79. The van der Waals surface area contributed by atoms with E-state index in [2.05, 4.69) is 4.98 Å². The average molecular weight is 543 g/mol. The second kappa shape index (κ2) is 10.7. The van der Waals surface area contributed by atoms with Crippen LogP contribution >= 0.6 is 11.6 Å². The summed E-state index contributed by atoms with van der Waals surface area (Å²) in [4.78, 5) is 17.3. The van der Waals surface area contributed by atoms with Crippen LogP contribution in [0, 0.1) is 18.6 Å². The number of rotatable bonds is 7. The largest absolute Gasteiger partial charge is 0.465 e. The predicted octanol–water partition coefficient (Wildman–Crippen LogP) is 6.50. The van der Waals surface area contributed by atoms with Crippen LogP contribution in [0.25, 0.3) is 11.1 Å². The van der Waals surface area contributed by atoms with Crippen LogP contribution in [0.2, 0.25) is 5.02 Å². The van der Waals surface area contributed by atoms with Crippen LogP contribution in [0.3, 0.4) is 0 Å². The van der Waals surface area contributed by atoms with E-state index in [1.807, 2.05) is 0 Å². The molecule has 0 atom stereocenters. The van der Waals surface area contributed by atoms with E-state index in [0.29, 0.717) is 5.02 Å². The zero-order valence-corrected chi connectivity index (χ0v) is 21.1. The van der Waals surface area contributed by atoms with E-state index in [4.69, 9.17) is 11.6 Å². The van der Waals surface area contributed by atoms with E-state index in [1.54, 1.807) is 30.3 Å². The van der Waals surface area contributed by atoms with E-state index < -0.39 is 27.6 Å². The topological polar surface area (TPSA) is 87.6 Å². The van der Waals surface area contributed by atoms with Crippen molar-refractivity contribution >= 4 is 27.5 Å². The maximum atomic E-state index is 14.9. The molecule has 4 rings (SSSR count). The monoisotopic (exact) mass is 542 g/mol. The number of aromatic nitrogens is 1. The van der Waals surface area contributed by atoms with Crippen molar-refractivity contribution in [1.29, 1.82) is 0 Å². The highest BCUT2D eigenvalue weighted by molar-refractivity contribution is 7.91. The molecule has 0 aliphatic carbocycles. The van der Waals surface area contributed by atoms with Gasteiger partial charge in [-0.25, -0.2) is 27.0 Å². The number of aryl methyl sites for hydroxylation is 1. The number of carboxylic acid groups (broad SMARTS) is 1. The lowest BCUT2D eigenvalue weighted by molar-refractivity contribution is 0.139. The first-order chi connectivity index (χ1) is 17.6. The smallest absolute Gasteiger partial charge is 0.407 e. The van der Waals surface area contributed by atoms with E-state index in [0.717, 1.165) is 34.7 Å². The molecule has 0 bridgehead atoms. The Morgan fingerprint density at radius 2 is 1.62 bits per heavy atom. The molecule has 0 fully saturated rings. The Morgan fingerprint density at radius 3 is 2.27 bits per heavy atom. The standard InChI is InChI=1S/C27H21ClF2N2O4S/c1-17-24(16-32(27(33)34)15-18-5-3-2-4-6-18)22(23-13-20(29)9-12-25(23)30)14-26(31-17)37(35,36)21-10-7-19(28)8-11-21/h2-14H,15-16H2,1H3,(H,33,34). The molecule has 4 aromatic rings. The van der Waals surface area contributed by atoms with Crippen molar-refractivity contribution in [2.75, 3.05) is 0 Å². The molecule has 0 aliphatic rings. The van der Waals surface area contributed by atoms with Crippen LogP contribution in [0.15, 0.2) is 88.8 Å². The van der Waals surface area contributed by atoms with Gasteiger partial charge in [0, 0.05) is 28.4 Å². The summed E-state index contributed by atoms with van der Waals surface area (Å²) in [6.45, 7) is 1.28. The number of hydrogen-bond donors (Lipinski definition) is 1. The number of pyridine rings is 1. The Morgan fingerprint density at radius 1 is 0.946 bits per heavy atom. The van der Waals surface area contributed by atoms with Crippen molar-refractivity contribution in [3.8, 4) is 11.1 Å². The summed E-state index contributed by atoms with van der Waals surface area (Å²) >= 11 is 5.88. The lowest BCUT2D eigenvalue weighted by Gasteiger charge is -2.23. The van der Waals surface area contributed by atoms with Gasteiger partial charge in [0.2, 0.25) is 9.84 Å². The number of benzene rings is 3. The minimum absolute atomic E-state index is 0.0194. The lowest BCUT2D eigenvalue weighted by Crippen LogP contribution is -2.29. The maximum Gasteiger partial charge on any atom is 0.407 e. The molecule has 0 saturated carbocycles. The van der Waals surface area contributed by atoms with Gasteiger partial charge in [-0.2, -0.15) is 0 Å². The molecule has 0 saturated heterocycles. The first-order valence-electron chi connectivity index (χ1n) is 11.0. The molecular weight excluding hydrogens is 522 g/mol. The molecule has 6 nitrogen and oxygen atoms in total. The summed E-state index contributed by atoms with van der Waals surface area (Å²) in [6.07, 6.45) is -1.24. The summed E-state index contributed by atoms with van der Waals surface area (Å²) < 4.78 is 55.8. The van der Waals surface area contributed by atoms with Gasteiger partial charge in [0.15, 0.2) is 5.03 Å². The molecule has 3 aromatic carbocycles. The van der Waals surface area contributed by atoms with E-state index in [9.17, 15) is 27.1 Å². The maximum absolute atomic E-state index is 14.9. The Hall–Kier alpha value is -3.82. The molecule has 0 radical (unpaired) electrons. The minimum Gasteiger partial charge on any atom is -0.465 e. The molecule has 0 aliphatic heterocycles. The average Bonchev–Trinajstić information content (AvgIpc) is 2.86. The fraction of sp³-hybridized carbons (Fsp3) is 0.111. The van der Waals surface area contributed by atoms with Gasteiger partial charge in [0.05, 0.1) is 11.4 Å². The highest BCUT2D eigenvalue weighted by Gasteiger charge is 2.26. The highest BCUT2D eigenvalue weighted by Crippen LogP contribution is 2.33. The number of nitrogens with zero attached hydrogens (tertiary/aromatic N) is 2. The summed E-state index contributed by atoms with van der Waals surface area (Å²) in [6, 6.07) is 18.3. The number of carbonyl (C=O) groups is 1. The van der Waals surface area contributed by atoms with Crippen molar-refractivity contribution < 1.29 is 27.1 Å². The molecule has 37 heavy (non-hydrogen) atoms. The van der Waals surface area contributed by atoms with Crippen molar-refractivity contribution in [3.05, 3.63) is 112 Å². The highest BCUT2D eigenvalue weighted by atomic mass is 35.5. The van der Waals surface area contributed by atoms with Crippen LogP contribution in [0.1, 0.15) is 16.8 Å². The first kappa shape index (κ1) is 26.2. The van der Waals surface area contributed by atoms with Gasteiger partial charge in [0.1, 0.15) is 11.6 Å². The van der Waals surface area contributed by atoms with Gasteiger partial charge in [-0.05, 0) is 66.6 Å². The fourth-order valence-electron chi connectivity index (χ4n) is 3.87. The summed E-state index contributed by atoms with van der Waals surface area (Å²) in [5.41, 5.74) is 0.941. The molecule has 1 amide bonds. The van der Waals surface area contributed by atoms with E-state index in [-0.39, 0.29) is 45.4 Å². The molecular formula is C27H21ClF2N2O4S. The third-order valence-electron chi connectivity index (χ3n) is 5.76. The van der Waals surface area contributed by atoms with Gasteiger partial charge in [-0.15, -0.1) is 0 Å². The first-order valence-corrected chi connectivity index (χ1v) is 12.9. The molecule has 10 heteroatoms. The zero-order valence-electron chi connectivity index (χ0n) is 19.5. The molecule has 1 heterocycles. The van der Waals surface area contributed by atoms with Gasteiger partial charge in [-0.3, -0.25) is 4.90 Å². The number of amides is 1.